The van der Waals surface area contributed by atoms with Crippen molar-refractivity contribution >= 4 is 18.1 Å². The van der Waals surface area contributed by atoms with Crippen LogP contribution in [0.2, 0.25) is 0 Å². The number of hydrogen-bond donors (Lipinski definition) is 2. The fraction of sp³-hybridized carbons (Fsp3) is 0.688. The van der Waals surface area contributed by atoms with Gasteiger partial charge in [-0.3, -0.25) is 9.59 Å². The van der Waals surface area contributed by atoms with Crippen molar-refractivity contribution in [1.82, 2.24) is 10.6 Å². The van der Waals surface area contributed by atoms with Gasteiger partial charge in [0, 0.05) is 30.5 Å². The van der Waals surface area contributed by atoms with Crippen LogP contribution in [0.15, 0.2) is 12.1 Å². The lowest BCUT2D eigenvalue weighted by Crippen LogP contribution is -2.45. The van der Waals surface area contributed by atoms with Gasteiger partial charge in [0.15, 0.2) is 0 Å². The van der Waals surface area contributed by atoms with Crippen LogP contribution >= 0.6 is 0 Å². The minimum absolute atomic E-state index is 0.0540. The van der Waals surface area contributed by atoms with E-state index < -0.39 is 0 Å². The van der Waals surface area contributed by atoms with Crippen molar-refractivity contribution in [2.24, 2.45) is 40.9 Å². The summed E-state index contributed by atoms with van der Waals surface area (Å²) in [5.41, 5.74) is 0.295. The van der Waals surface area contributed by atoms with E-state index in [1.54, 1.807) is 12.1 Å². The van der Waals surface area contributed by atoms with Gasteiger partial charge in [-0.1, -0.05) is 13.8 Å². The molecule has 2 N–H and O–H groups in total. The zero-order valence-electron chi connectivity index (χ0n) is 24.0. The van der Waals surface area contributed by atoms with Crippen LogP contribution in [0, 0.1) is 52.3 Å². The molecule has 8 nitrogen and oxygen atoms in total. The first-order valence-electron chi connectivity index (χ1n) is 15.0. The number of methoxy groups -OCH3 is 1. The largest absolute Gasteiger partial charge is 0.496 e. The lowest BCUT2D eigenvalue weighted by atomic mass is 9.75. The summed E-state index contributed by atoms with van der Waals surface area (Å²) in [6.07, 6.45) is 9.41. The molecule has 0 aromatic heterocycles. The number of aldehydes is 1. The molecule has 40 heavy (non-hydrogen) atoms. The van der Waals surface area contributed by atoms with Crippen LogP contribution in [-0.2, 0) is 9.59 Å². The van der Waals surface area contributed by atoms with E-state index in [2.05, 4.69) is 23.6 Å². The molecular formula is C32H43N3O5. The molecule has 2 amide bonds. The average molecular weight is 550 g/mol. The summed E-state index contributed by atoms with van der Waals surface area (Å²) in [6, 6.07) is 5.32. The van der Waals surface area contributed by atoms with Crippen molar-refractivity contribution in [2.75, 3.05) is 20.2 Å². The lowest BCUT2D eigenvalue weighted by molar-refractivity contribution is -0.128. The van der Waals surface area contributed by atoms with Gasteiger partial charge in [-0.05, 0) is 93.4 Å². The second-order valence-corrected chi connectivity index (χ2v) is 13.2. The van der Waals surface area contributed by atoms with Crippen molar-refractivity contribution in [3.63, 3.8) is 0 Å². The highest BCUT2D eigenvalue weighted by Gasteiger charge is 2.50. The second kappa shape index (κ2) is 11.8. The number of ether oxygens (including phenoxy) is 2. The quantitative estimate of drug-likeness (QED) is 0.411. The molecular weight excluding hydrogens is 506 g/mol. The zero-order chi connectivity index (χ0) is 28.4. The standard InChI is InChI=1S/C32H43N3O5/c1-19-10-20(11-19)16-34-31(38)29-22-5-4-21(12-22)26(29)17-35-30(37)25-14-27(23(15-33)13-28(25)39-3)40-24-6-8-32(2,18-36)9-7-24/h13-14,18-22,24,26,29H,4-12,16-17H2,1-3H3,(H,34,38)(H,35,37)/t19-,20+,21-,22+,24-,26+,29-,32+/m0/s1. The molecule has 5 rings (SSSR count). The van der Waals surface area contributed by atoms with Crippen molar-refractivity contribution < 1.29 is 23.9 Å². The highest BCUT2D eigenvalue weighted by molar-refractivity contribution is 5.97. The van der Waals surface area contributed by atoms with E-state index in [0.29, 0.717) is 59.8 Å². The van der Waals surface area contributed by atoms with Gasteiger partial charge in [-0.25, -0.2) is 0 Å². The van der Waals surface area contributed by atoms with Gasteiger partial charge >= 0.3 is 0 Å². The maximum Gasteiger partial charge on any atom is 0.255 e. The van der Waals surface area contributed by atoms with E-state index in [9.17, 15) is 19.6 Å². The third-order valence-electron chi connectivity index (χ3n) is 10.2. The Morgan fingerprint density at radius 3 is 2.42 bits per heavy atom. The molecule has 0 radical (unpaired) electrons. The summed E-state index contributed by atoms with van der Waals surface area (Å²) < 4.78 is 11.7. The zero-order valence-corrected chi connectivity index (χ0v) is 24.0. The maximum atomic E-state index is 13.5. The van der Waals surface area contributed by atoms with Gasteiger partial charge < -0.3 is 24.9 Å². The highest BCUT2D eigenvalue weighted by Crippen LogP contribution is 2.52. The van der Waals surface area contributed by atoms with Gasteiger partial charge in [-0.2, -0.15) is 5.26 Å². The number of carbonyl (C=O) groups is 3. The first-order chi connectivity index (χ1) is 19.2. The Kier molecular flexibility index (Phi) is 8.39. The fourth-order valence-electron chi connectivity index (χ4n) is 7.77. The van der Waals surface area contributed by atoms with E-state index in [1.165, 1.54) is 20.0 Å². The minimum Gasteiger partial charge on any atom is -0.496 e. The number of hydrogen-bond acceptors (Lipinski definition) is 6. The second-order valence-electron chi connectivity index (χ2n) is 13.2. The van der Waals surface area contributed by atoms with Crippen LogP contribution in [0.5, 0.6) is 11.5 Å². The molecule has 4 saturated carbocycles. The predicted octanol–water partition coefficient (Wildman–Crippen LogP) is 4.65. The molecule has 4 aliphatic rings. The predicted molar refractivity (Wildman–Crippen MR) is 150 cm³/mol. The summed E-state index contributed by atoms with van der Waals surface area (Å²) in [4.78, 5) is 38.1. The summed E-state index contributed by atoms with van der Waals surface area (Å²) >= 11 is 0. The lowest BCUT2D eigenvalue weighted by Gasteiger charge is -2.34. The Labute approximate surface area is 237 Å². The van der Waals surface area contributed by atoms with Crippen LogP contribution in [0.4, 0.5) is 0 Å². The molecule has 0 saturated heterocycles. The summed E-state index contributed by atoms with van der Waals surface area (Å²) in [5.74, 6) is 2.80. The van der Waals surface area contributed by atoms with E-state index in [4.69, 9.17) is 9.47 Å². The highest BCUT2D eigenvalue weighted by atomic mass is 16.5. The molecule has 1 aromatic carbocycles. The monoisotopic (exact) mass is 549 g/mol. The summed E-state index contributed by atoms with van der Waals surface area (Å²) in [7, 11) is 1.48. The molecule has 0 heterocycles. The van der Waals surface area contributed by atoms with E-state index >= 15 is 0 Å². The fourth-order valence-corrected chi connectivity index (χ4v) is 7.77. The molecule has 4 atom stereocenters. The Morgan fingerprint density at radius 1 is 1.05 bits per heavy atom. The van der Waals surface area contributed by atoms with Crippen LogP contribution in [0.25, 0.3) is 0 Å². The molecule has 8 heteroatoms. The Morgan fingerprint density at radius 2 is 1.77 bits per heavy atom. The first-order valence-corrected chi connectivity index (χ1v) is 15.0. The number of carbonyl (C=O) groups excluding carboxylic acids is 3. The molecule has 0 unspecified atom stereocenters. The molecule has 2 bridgehead atoms. The molecule has 216 valence electrons. The number of benzene rings is 1. The van der Waals surface area contributed by atoms with E-state index in [0.717, 1.165) is 50.9 Å². The average Bonchev–Trinajstić information content (AvgIpc) is 3.56. The Balaban J connectivity index is 1.24. The molecule has 0 spiro atoms. The number of nitrogens with one attached hydrogen (secondary N) is 2. The van der Waals surface area contributed by atoms with Gasteiger partial charge in [-0.15, -0.1) is 0 Å². The Bertz CT molecular complexity index is 1160. The van der Waals surface area contributed by atoms with Crippen molar-refractivity contribution in [3.05, 3.63) is 23.3 Å². The third-order valence-corrected chi connectivity index (χ3v) is 10.2. The van der Waals surface area contributed by atoms with Gasteiger partial charge in [0.05, 0.1) is 24.3 Å². The molecule has 0 aliphatic heterocycles. The van der Waals surface area contributed by atoms with Gasteiger partial charge in [0.1, 0.15) is 23.9 Å². The first kappa shape index (κ1) is 28.4. The topological polar surface area (TPSA) is 118 Å². The van der Waals surface area contributed by atoms with Crippen LogP contribution in [-0.4, -0.2) is 44.4 Å². The smallest absolute Gasteiger partial charge is 0.255 e. The molecule has 1 aromatic rings. The van der Waals surface area contributed by atoms with E-state index in [-0.39, 0.29) is 35.2 Å². The van der Waals surface area contributed by atoms with Gasteiger partial charge in [0.2, 0.25) is 5.91 Å². The van der Waals surface area contributed by atoms with Crippen LogP contribution in [0.3, 0.4) is 0 Å². The summed E-state index contributed by atoms with van der Waals surface area (Å²) in [5, 5.41) is 16.1. The van der Waals surface area contributed by atoms with Crippen LogP contribution < -0.4 is 20.1 Å². The van der Waals surface area contributed by atoms with Crippen LogP contribution in [0.1, 0.15) is 87.6 Å². The number of nitrogens with zero attached hydrogens (tertiary/aromatic N) is 1. The normalized spacial score (nSPS) is 34.3. The number of rotatable bonds is 10. The summed E-state index contributed by atoms with van der Waals surface area (Å²) in [6.45, 7) is 5.42. The maximum absolute atomic E-state index is 13.5. The number of amides is 2. The van der Waals surface area contributed by atoms with Crippen molar-refractivity contribution in [3.8, 4) is 17.6 Å². The number of nitriles is 1. The SMILES string of the molecule is COc1cc(C#N)c(O[C@H]2CC[C@@](C)(C=O)CC2)cc1C(=O)NC[C@@H]1[C@H]2CC[C@H](C2)[C@@H]1C(=O)NC[C@H]1C[C@@H](C)C1. The number of fused-ring (bicyclic) bond motifs is 2. The van der Waals surface area contributed by atoms with Gasteiger partial charge in [0.25, 0.3) is 5.91 Å². The third kappa shape index (κ3) is 5.84. The minimum atomic E-state index is -0.326. The van der Waals surface area contributed by atoms with Crippen molar-refractivity contribution in [2.45, 2.75) is 77.7 Å². The van der Waals surface area contributed by atoms with Crippen molar-refractivity contribution in [1.29, 1.82) is 5.26 Å². The molecule has 4 aliphatic carbocycles. The van der Waals surface area contributed by atoms with E-state index in [1.807, 2.05) is 6.92 Å². The molecule has 4 fully saturated rings. The Hall–Kier alpha value is -3.08.